The molecule has 1 saturated heterocycles. The van der Waals surface area contributed by atoms with E-state index >= 15 is 0 Å². The molecular weight excluding hydrogens is 282 g/mol. The third-order valence-electron chi connectivity index (χ3n) is 3.90. The van der Waals surface area contributed by atoms with Crippen molar-refractivity contribution in [3.8, 4) is 0 Å². The lowest BCUT2D eigenvalue weighted by molar-refractivity contribution is -0.0948. The third-order valence-corrected chi connectivity index (χ3v) is 3.90. The number of amides is 1. The van der Waals surface area contributed by atoms with Crippen molar-refractivity contribution in [2.45, 2.75) is 45.4 Å². The van der Waals surface area contributed by atoms with Crippen LogP contribution in [-0.4, -0.2) is 58.2 Å². The van der Waals surface area contributed by atoms with E-state index in [1.54, 1.807) is 0 Å². The molecule has 0 spiro atoms. The Morgan fingerprint density at radius 2 is 1.95 bits per heavy atom. The standard InChI is InChI=1S/C15H25N5O2/c1-10-7-20(8-11(2)22-10)15(3,4)9-19-14(21)12-13(16)18-6-5-17-12/h5-6,10-11H,7-9H2,1-4H3,(H2,16,18)(H,19,21). The Morgan fingerprint density at radius 1 is 1.36 bits per heavy atom. The molecule has 0 radical (unpaired) electrons. The molecule has 1 aliphatic heterocycles. The highest BCUT2D eigenvalue weighted by molar-refractivity contribution is 5.96. The summed E-state index contributed by atoms with van der Waals surface area (Å²) in [6, 6.07) is 0. The predicted molar refractivity (Wildman–Crippen MR) is 84.4 cm³/mol. The Bertz CT molecular complexity index is 524. The molecule has 2 rings (SSSR count). The molecule has 1 amide bonds. The largest absolute Gasteiger partial charge is 0.382 e. The molecule has 1 aromatic heterocycles. The minimum absolute atomic E-state index is 0.145. The van der Waals surface area contributed by atoms with Crippen LogP contribution in [0.2, 0.25) is 0 Å². The minimum atomic E-state index is -0.298. The molecule has 0 saturated carbocycles. The van der Waals surface area contributed by atoms with Crippen molar-refractivity contribution in [2.75, 3.05) is 25.4 Å². The molecule has 22 heavy (non-hydrogen) atoms. The Labute approximate surface area is 131 Å². The summed E-state index contributed by atoms with van der Waals surface area (Å²) < 4.78 is 5.76. The van der Waals surface area contributed by atoms with Gasteiger partial charge < -0.3 is 15.8 Å². The van der Waals surface area contributed by atoms with Crippen LogP contribution < -0.4 is 11.1 Å². The molecule has 7 heteroatoms. The number of carbonyl (C=O) groups excluding carboxylic acids is 1. The van der Waals surface area contributed by atoms with Crippen molar-refractivity contribution in [1.29, 1.82) is 0 Å². The Hall–Kier alpha value is -1.73. The SMILES string of the molecule is CC1CN(C(C)(C)CNC(=O)c2nccnc2N)CC(C)O1. The zero-order valence-corrected chi connectivity index (χ0v) is 13.7. The van der Waals surface area contributed by atoms with Gasteiger partial charge in [0.25, 0.3) is 5.91 Å². The number of nitrogens with zero attached hydrogens (tertiary/aromatic N) is 3. The van der Waals surface area contributed by atoms with E-state index in [9.17, 15) is 4.79 Å². The maximum absolute atomic E-state index is 12.2. The van der Waals surface area contributed by atoms with Gasteiger partial charge in [0.15, 0.2) is 11.5 Å². The van der Waals surface area contributed by atoms with Crippen LogP contribution in [0.4, 0.5) is 5.82 Å². The highest BCUT2D eigenvalue weighted by Gasteiger charge is 2.33. The second kappa shape index (κ2) is 6.58. The topological polar surface area (TPSA) is 93.4 Å². The van der Waals surface area contributed by atoms with Crippen molar-refractivity contribution >= 4 is 11.7 Å². The van der Waals surface area contributed by atoms with E-state index in [0.717, 1.165) is 13.1 Å². The molecule has 7 nitrogen and oxygen atoms in total. The van der Waals surface area contributed by atoms with Gasteiger partial charge in [-0.3, -0.25) is 9.69 Å². The smallest absolute Gasteiger partial charge is 0.273 e. The summed E-state index contributed by atoms with van der Waals surface area (Å²) in [5, 5.41) is 2.90. The molecule has 1 fully saturated rings. The normalized spacial score (nSPS) is 23.3. The average molecular weight is 307 g/mol. The quantitative estimate of drug-likeness (QED) is 0.849. The summed E-state index contributed by atoms with van der Waals surface area (Å²) >= 11 is 0. The van der Waals surface area contributed by atoms with Gasteiger partial charge in [0.2, 0.25) is 0 Å². The number of nitrogen functional groups attached to an aromatic ring is 1. The summed E-state index contributed by atoms with van der Waals surface area (Å²) in [5.74, 6) is -0.153. The van der Waals surface area contributed by atoms with Gasteiger partial charge in [0, 0.05) is 37.6 Å². The van der Waals surface area contributed by atoms with Crippen LogP contribution in [0.25, 0.3) is 0 Å². The van der Waals surface area contributed by atoms with E-state index < -0.39 is 0 Å². The summed E-state index contributed by atoms with van der Waals surface area (Å²) in [5.41, 5.74) is 5.67. The van der Waals surface area contributed by atoms with E-state index in [0.29, 0.717) is 6.54 Å². The molecule has 2 unspecified atom stereocenters. The molecule has 1 aliphatic rings. The molecule has 1 aromatic rings. The predicted octanol–water partition coefficient (Wildman–Crippen LogP) is 0.676. The summed E-state index contributed by atoms with van der Waals surface area (Å²) in [6.45, 7) is 10.5. The van der Waals surface area contributed by atoms with Crippen LogP contribution in [0.3, 0.4) is 0 Å². The number of hydrogen-bond acceptors (Lipinski definition) is 6. The minimum Gasteiger partial charge on any atom is -0.382 e. The zero-order chi connectivity index (χ0) is 16.3. The molecule has 0 aliphatic carbocycles. The lowest BCUT2D eigenvalue weighted by atomic mass is 10.00. The van der Waals surface area contributed by atoms with Gasteiger partial charge in [-0.25, -0.2) is 9.97 Å². The van der Waals surface area contributed by atoms with Crippen molar-refractivity contribution in [3.05, 3.63) is 18.1 Å². The first-order valence-electron chi connectivity index (χ1n) is 7.55. The van der Waals surface area contributed by atoms with Gasteiger partial charge in [0.05, 0.1) is 12.2 Å². The van der Waals surface area contributed by atoms with Crippen molar-refractivity contribution in [2.24, 2.45) is 0 Å². The van der Waals surface area contributed by atoms with Gasteiger partial charge in [-0.05, 0) is 27.7 Å². The highest BCUT2D eigenvalue weighted by atomic mass is 16.5. The summed E-state index contributed by atoms with van der Waals surface area (Å²) in [6.07, 6.45) is 3.30. The second-order valence-corrected chi connectivity index (χ2v) is 6.45. The van der Waals surface area contributed by atoms with Crippen molar-refractivity contribution in [1.82, 2.24) is 20.2 Å². The van der Waals surface area contributed by atoms with Crippen LogP contribution in [-0.2, 0) is 4.74 Å². The van der Waals surface area contributed by atoms with Gasteiger partial charge in [-0.2, -0.15) is 0 Å². The van der Waals surface area contributed by atoms with Crippen LogP contribution in [0.5, 0.6) is 0 Å². The number of rotatable bonds is 4. The highest BCUT2D eigenvalue weighted by Crippen LogP contribution is 2.20. The fourth-order valence-corrected chi connectivity index (χ4v) is 2.69. The fraction of sp³-hybridized carbons (Fsp3) is 0.667. The Kier molecular flexibility index (Phi) is 4.97. The number of nitrogens with one attached hydrogen (secondary N) is 1. The second-order valence-electron chi connectivity index (χ2n) is 6.45. The lowest BCUT2D eigenvalue weighted by Gasteiger charge is -2.45. The third kappa shape index (κ3) is 3.92. The summed E-state index contributed by atoms with van der Waals surface area (Å²) in [7, 11) is 0. The lowest BCUT2D eigenvalue weighted by Crippen LogP contribution is -2.58. The monoisotopic (exact) mass is 307 g/mol. The first-order chi connectivity index (χ1) is 10.3. The molecule has 122 valence electrons. The number of morpholine rings is 1. The number of hydrogen-bond donors (Lipinski definition) is 2. The van der Waals surface area contributed by atoms with Crippen molar-refractivity contribution in [3.63, 3.8) is 0 Å². The number of carbonyl (C=O) groups is 1. The number of nitrogens with two attached hydrogens (primary N) is 1. The van der Waals surface area contributed by atoms with Crippen molar-refractivity contribution < 1.29 is 9.53 Å². The molecule has 3 N–H and O–H groups in total. The van der Waals surface area contributed by atoms with Crippen LogP contribution in [0.15, 0.2) is 12.4 Å². The molecule has 2 atom stereocenters. The van der Waals surface area contributed by atoms with Gasteiger partial charge >= 0.3 is 0 Å². The molecular formula is C15H25N5O2. The fourth-order valence-electron chi connectivity index (χ4n) is 2.69. The Morgan fingerprint density at radius 3 is 2.55 bits per heavy atom. The van der Waals surface area contributed by atoms with Gasteiger partial charge in [0.1, 0.15) is 0 Å². The first kappa shape index (κ1) is 16.6. The molecule has 0 bridgehead atoms. The molecule has 2 heterocycles. The van der Waals surface area contributed by atoms with Crippen LogP contribution >= 0.6 is 0 Å². The summed E-state index contributed by atoms with van der Waals surface area (Å²) in [4.78, 5) is 22.4. The van der Waals surface area contributed by atoms with Gasteiger partial charge in [-0.1, -0.05) is 0 Å². The zero-order valence-electron chi connectivity index (χ0n) is 13.7. The van der Waals surface area contributed by atoms with Gasteiger partial charge in [-0.15, -0.1) is 0 Å². The van der Waals surface area contributed by atoms with E-state index in [1.807, 2.05) is 0 Å². The van der Waals surface area contributed by atoms with E-state index in [1.165, 1.54) is 12.4 Å². The maximum atomic E-state index is 12.2. The van der Waals surface area contributed by atoms with E-state index in [4.69, 9.17) is 10.5 Å². The van der Waals surface area contributed by atoms with Crippen LogP contribution in [0.1, 0.15) is 38.2 Å². The average Bonchev–Trinajstić information content (AvgIpc) is 2.44. The van der Waals surface area contributed by atoms with E-state index in [-0.39, 0.29) is 35.2 Å². The molecule has 0 aromatic carbocycles. The van der Waals surface area contributed by atoms with E-state index in [2.05, 4.69) is 47.9 Å². The Balaban J connectivity index is 1.97. The number of ether oxygens (including phenoxy) is 1. The number of aromatic nitrogens is 2. The maximum Gasteiger partial charge on any atom is 0.273 e. The number of anilines is 1. The first-order valence-corrected chi connectivity index (χ1v) is 7.55. The van der Waals surface area contributed by atoms with Crippen LogP contribution in [0, 0.1) is 0 Å².